The second kappa shape index (κ2) is 8.71. The van der Waals surface area contributed by atoms with Crippen LogP contribution < -0.4 is 10.1 Å². The van der Waals surface area contributed by atoms with Crippen molar-refractivity contribution in [3.05, 3.63) is 63.2 Å². The molecule has 0 saturated heterocycles. The van der Waals surface area contributed by atoms with Crippen LogP contribution in [0.25, 0.3) is 0 Å². The third-order valence-electron chi connectivity index (χ3n) is 4.91. The summed E-state index contributed by atoms with van der Waals surface area (Å²) in [7, 11) is 1.36. The van der Waals surface area contributed by atoms with Crippen LogP contribution in [0.15, 0.2) is 36.4 Å². The molecule has 148 valence electrons. The Labute approximate surface area is 162 Å². The molecule has 3 rings (SSSR count). The lowest BCUT2D eigenvalue weighted by atomic mass is 10.00. The molecular weight excluding hydrogens is 362 g/mol. The number of carboxylic acids is 1. The number of benzene rings is 2. The first-order valence-electron chi connectivity index (χ1n) is 9.12. The second-order valence-electron chi connectivity index (χ2n) is 6.71. The molecular formula is C20H23N3O5. The summed E-state index contributed by atoms with van der Waals surface area (Å²) in [5, 5.41) is 23.5. The largest absolute Gasteiger partial charge is 0.494 e. The third-order valence-corrected chi connectivity index (χ3v) is 4.91. The maximum absolute atomic E-state index is 11.4. The van der Waals surface area contributed by atoms with Gasteiger partial charge in [-0.15, -0.1) is 0 Å². The Balaban J connectivity index is 1.62. The van der Waals surface area contributed by atoms with Gasteiger partial charge < -0.3 is 15.2 Å². The Hall–Kier alpha value is -3.13. The highest BCUT2D eigenvalue weighted by Gasteiger charge is 2.23. The summed E-state index contributed by atoms with van der Waals surface area (Å²) in [6.07, 6.45) is 1.82. The number of nitro benzene ring substituents is 1. The molecule has 2 aromatic carbocycles. The van der Waals surface area contributed by atoms with Gasteiger partial charge in [-0.2, -0.15) is 0 Å². The first kappa shape index (κ1) is 19.6. The van der Waals surface area contributed by atoms with Crippen molar-refractivity contribution in [3.8, 4) is 5.75 Å². The summed E-state index contributed by atoms with van der Waals surface area (Å²) in [5.74, 6) is -1.09. The summed E-state index contributed by atoms with van der Waals surface area (Å²) < 4.78 is 5.17. The lowest BCUT2D eigenvalue weighted by Gasteiger charge is -2.28. The topological polar surface area (TPSA) is 105 Å². The fourth-order valence-electron chi connectivity index (χ4n) is 3.47. The van der Waals surface area contributed by atoms with Crippen LogP contribution in [-0.4, -0.2) is 47.6 Å². The Bertz CT molecular complexity index is 884. The summed E-state index contributed by atoms with van der Waals surface area (Å²) in [6, 6.07) is 10.8. The fourth-order valence-corrected chi connectivity index (χ4v) is 3.47. The summed E-state index contributed by atoms with van der Waals surface area (Å²) in [5.41, 5.74) is 2.48. The molecule has 0 fully saturated rings. The molecule has 0 aromatic heterocycles. The number of nitrogens with one attached hydrogen (secondary N) is 1. The van der Waals surface area contributed by atoms with Gasteiger partial charge in [-0.25, -0.2) is 4.79 Å². The highest BCUT2D eigenvalue weighted by Crippen LogP contribution is 2.36. The van der Waals surface area contributed by atoms with Crippen molar-refractivity contribution in [2.24, 2.45) is 0 Å². The summed E-state index contributed by atoms with van der Waals surface area (Å²) in [4.78, 5) is 24.3. The standard InChI is InChI=1S/C20H23N3O5/c1-28-18-12-16(20(24)25)11-17(23(26)27)19(18)21-8-4-9-22-10-7-14-5-2-3-6-15(14)13-22/h2-3,5-6,11-12,21H,4,7-10,13H2,1H3,(H,24,25). The van der Waals surface area contributed by atoms with Crippen molar-refractivity contribution >= 4 is 17.3 Å². The quantitative estimate of drug-likeness (QED) is 0.408. The molecule has 0 aliphatic carbocycles. The van der Waals surface area contributed by atoms with E-state index in [-0.39, 0.29) is 22.7 Å². The van der Waals surface area contributed by atoms with Gasteiger partial charge in [0.25, 0.3) is 5.69 Å². The van der Waals surface area contributed by atoms with E-state index in [1.165, 1.54) is 24.3 Å². The molecule has 8 heteroatoms. The monoisotopic (exact) mass is 385 g/mol. The lowest BCUT2D eigenvalue weighted by Crippen LogP contribution is -2.32. The number of ether oxygens (including phenoxy) is 1. The highest BCUT2D eigenvalue weighted by molar-refractivity contribution is 5.91. The van der Waals surface area contributed by atoms with E-state index in [1.807, 2.05) is 0 Å². The van der Waals surface area contributed by atoms with Gasteiger partial charge in [0.2, 0.25) is 0 Å². The molecule has 2 N–H and O–H groups in total. The number of anilines is 1. The zero-order chi connectivity index (χ0) is 20.1. The van der Waals surface area contributed by atoms with Crippen molar-refractivity contribution in [1.82, 2.24) is 4.90 Å². The van der Waals surface area contributed by atoms with Crippen molar-refractivity contribution in [2.45, 2.75) is 19.4 Å². The molecule has 0 atom stereocenters. The van der Waals surface area contributed by atoms with Crippen LogP contribution in [-0.2, 0) is 13.0 Å². The minimum atomic E-state index is -1.24. The molecule has 0 amide bonds. The molecule has 8 nitrogen and oxygen atoms in total. The van der Waals surface area contributed by atoms with Crippen molar-refractivity contribution in [1.29, 1.82) is 0 Å². The Morgan fingerprint density at radius 2 is 2.07 bits per heavy atom. The molecule has 1 aliphatic heterocycles. The lowest BCUT2D eigenvalue weighted by molar-refractivity contribution is -0.384. The van der Waals surface area contributed by atoms with Gasteiger partial charge in [0.15, 0.2) is 5.69 Å². The molecule has 1 heterocycles. The fraction of sp³-hybridized carbons (Fsp3) is 0.350. The molecule has 28 heavy (non-hydrogen) atoms. The first-order valence-corrected chi connectivity index (χ1v) is 9.12. The van der Waals surface area contributed by atoms with Gasteiger partial charge in [0, 0.05) is 32.2 Å². The van der Waals surface area contributed by atoms with E-state index in [0.29, 0.717) is 6.54 Å². The van der Waals surface area contributed by atoms with E-state index in [1.54, 1.807) is 0 Å². The molecule has 0 unspecified atom stereocenters. The van der Waals surface area contributed by atoms with Crippen LogP contribution in [0.1, 0.15) is 27.9 Å². The predicted molar refractivity (Wildman–Crippen MR) is 105 cm³/mol. The number of rotatable bonds is 8. The van der Waals surface area contributed by atoms with Gasteiger partial charge in [-0.1, -0.05) is 24.3 Å². The first-order chi connectivity index (χ1) is 13.5. The Kier molecular flexibility index (Phi) is 6.10. The number of methoxy groups -OCH3 is 1. The smallest absolute Gasteiger partial charge is 0.336 e. The van der Waals surface area contributed by atoms with Crippen molar-refractivity contribution in [3.63, 3.8) is 0 Å². The molecule has 0 bridgehead atoms. The number of fused-ring (bicyclic) bond motifs is 1. The number of nitro groups is 1. The zero-order valence-electron chi connectivity index (χ0n) is 15.7. The SMILES string of the molecule is COc1cc(C(=O)O)cc([N+](=O)[O-])c1NCCCN1CCc2ccccc2C1. The molecule has 0 radical (unpaired) electrons. The predicted octanol–water partition coefficient (Wildman–Crippen LogP) is 3.16. The normalized spacial score (nSPS) is 13.6. The van der Waals surface area contributed by atoms with Gasteiger partial charge in [0.1, 0.15) is 5.75 Å². The van der Waals surface area contributed by atoms with Crippen LogP contribution >= 0.6 is 0 Å². The van der Waals surface area contributed by atoms with Gasteiger partial charge in [-0.05, 0) is 30.0 Å². The molecule has 1 aliphatic rings. The maximum atomic E-state index is 11.4. The highest BCUT2D eigenvalue weighted by atomic mass is 16.6. The van der Waals surface area contributed by atoms with E-state index in [2.05, 4.69) is 34.5 Å². The number of nitrogens with zero attached hydrogens (tertiary/aromatic N) is 2. The summed E-state index contributed by atoms with van der Waals surface area (Å²) in [6.45, 7) is 3.28. The van der Waals surface area contributed by atoms with Gasteiger partial charge >= 0.3 is 5.97 Å². The van der Waals surface area contributed by atoms with E-state index >= 15 is 0 Å². The Morgan fingerprint density at radius 3 is 2.75 bits per heavy atom. The maximum Gasteiger partial charge on any atom is 0.336 e. The Morgan fingerprint density at radius 1 is 1.32 bits per heavy atom. The van der Waals surface area contributed by atoms with E-state index in [0.717, 1.165) is 38.5 Å². The van der Waals surface area contributed by atoms with Crippen molar-refractivity contribution in [2.75, 3.05) is 32.1 Å². The minimum Gasteiger partial charge on any atom is -0.494 e. The van der Waals surface area contributed by atoms with Crippen LogP contribution in [0.5, 0.6) is 5.75 Å². The summed E-state index contributed by atoms with van der Waals surface area (Å²) >= 11 is 0. The number of carboxylic acid groups (broad SMARTS) is 1. The number of carbonyl (C=O) groups is 1. The third kappa shape index (κ3) is 4.40. The van der Waals surface area contributed by atoms with Gasteiger partial charge in [-0.3, -0.25) is 15.0 Å². The molecule has 2 aromatic rings. The molecule has 0 spiro atoms. The van der Waals surface area contributed by atoms with Crippen molar-refractivity contribution < 1.29 is 19.6 Å². The average Bonchev–Trinajstić information content (AvgIpc) is 2.70. The van der Waals surface area contributed by atoms with Crippen LogP contribution in [0.4, 0.5) is 11.4 Å². The van der Waals surface area contributed by atoms with E-state index < -0.39 is 10.9 Å². The zero-order valence-corrected chi connectivity index (χ0v) is 15.7. The number of hydrogen-bond donors (Lipinski definition) is 2. The van der Waals surface area contributed by atoms with E-state index in [9.17, 15) is 14.9 Å². The number of aromatic carboxylic acids is 1. The van der Waals surface area contributed by atoms with Crippen LogP contribution in [0, 0.1) is 10.1 Å². The van der Waals surface area contributed by atoms with Gasteiger partial charge in [0.05, 0.1) is 17.6 Å². The van der Waals surface area contributed by atoms with E-state index in [4.69, 9.17) is 9.84 Å². The van der Waals surface area contributed by atoms with Crippen LogP contribution in [0.3, 0.4) is 0 Å². The minimum absolute atomic E-state index is 0.151. The second-order valence-corrected chi connectivity index (χ2v) is 6.71. The number of hydrogen-bond acceptors (Lipinski definition) is 6. The molecule has 0 saturated carbocycles. The average molecular weight is 385 g/mol. The van der Waals surface area contributed by atoms with Crippen LogP contribution in [0.2, 0.25) is 0 Å².